The Morgan fingerprint density at radius 3 is 2.86 bits per heavy atom. The van der Waals surface area contributed by atoms with Crippen molar-refractivity contribution in [3.8, 4) is 0 Å². The number of amides is 1. The summed E-state index contributed by atoms with van der Waals surface area (Å²) in [7, 11) is 0. The van der Waals surface area contributed by atoms with Crippen LogP contribution >= 0.6 is 0 Å². The van der Waals surface area contributed by atoms with Gasteiger partial charge in [-0.1, -0.05) is 30.3 Å². The molecule has 0 aliphatic carbocycles. The average Bonchev–Trinajstić information content (AvgIpc) is 3.33. The van der Waals surface area contributed by atoms with Gasteiger partial charge < -0.3 is 10.0 Å². The van der Waals surface area contributed by atoms with Crippen LogP contribution in [-0.2, 0) is 24.4 Å². The number of aliphatic hydroxyl groups excluding tert-OH is 1. The lowest BCUT2D eigenvalue weighted by molar-refractivity contribution is -0.132. The van der Waals surface area contributed by atoms with Crippen LogP contribution in [0.15, 0.2) is 49.1 Å². The smallest absolute Gasteiger partial charge is 0.222 e. The fourth-order valence-electron chi connectivity index (χ4n) is 3.54. The molecule has 0 spiro atoms. The minimum atomic E-state index is -0.757. The van der Waals surface area contributed by atoms with Gasteiger partial charge in [-0.15, -0.1) is 0 Å². The first-order chi connectivity index (χ1) is 13.7. The zero-order chi connectivity index (χ0) is 19.3. The van der Waals surface area contributed by atoms with Gasteiger partial charge in [0.05, 0.1) is 17.9 Å². The van der Waals surface area contributed by atoms with Crippen LogP contribution in [0.4, 0.5) is 0 Å². The summed E-state index contributed by atoms with van der Waals surface area (Å²) in [5, 5.41) is 19.3. The highest BCUT2D eigenvalue weighted by atomic mass is 16.3. The lowest BCUT2D eigenvalue weighted by atomic mass is 10.1. The molecule has 28 heavy (non-hydrogen) atoms. The third-order valence-corrected chi connectivity index (χ3v) is 5.03. The zero-order valence-corrected chi connectivity index (χ0v) is 15.7. The Hall–Kier alpha value is -3.00. The molecule has 8 nitrogen and oxygen atoms in total. The molecule has 1 aromatic carbocycles. The normalized spacial score (nSPS) is 15.1. The van der Waals surface area contributed by atoms with E-state index >= 15 is 0 Å². The molecule has 0 unspecified atom stereocenters. The Morgan fingerprint density at radius 1 is 1.21 bits per heavy atom. The number of carbonyl (C=O) groups excluding carboxylic acids is 1. The van der Waals surface area contributed by atoms with Crippen molar-refractivity contribution in [1.82, 2.24) is 29.4 Å². The summed E-state index contributed by atoms with van der Waals surface area (Å²) >= 11 is 0. The molecule has 8 heteroatoms. The maximum Gasteiger partial charge on any atom is 0.222 e. The van der Waals surface area contributed by atoms with Crippen LogP contribution in [0.3, 0.4) is 0 Å². The fourth-order valence-corrected chi connectivity index (χ4v) is 3.54. The standard InChI is InChI=1S/C20H24N6O2/c27-19(8-4-10-25-15-21-14-22-25)24-9-5-11-26-17(13-24)12-18(23-26)20(28)16-6-2-1-3-7-16/h1-3,6-7,12,14-15,20,28H,4-5,8-11,13H2/t20-/m1/s1. The topological polar surface area (TPSA) is 89.1 Å². The van der Waals surface area contributed by atoms with Crippen molar-refractivity contribution in [2.24, 2.45) is 0 Å². The van der Waals surface area contributed by atoms with E-state index in [1.54, 1.807) is 11.0 Å². The number of hydrogen-bond acceptors (Lipinski definition) is 5. The zero-order valence-electron chi connectivity index (χ0n) is 15.7. The summed E-state index contributed by atoms with van der Waals surface area (Å²) < 4.78 is 3.66. The van der Waals surface area contributed by atoms with E-state index in [9.17, 15) is 9.90 Å². The number of aromatic nitrogens is 5. The molecule has 1 aliphatic heterocycles. The maximum absolute atomic E-state index is 12.7. The predicted molar refractivity (Wildman–Crippen MR) is 102 cm³/mol. The fraction of sp³-hybridized carbons (Fsp3) is 0.400. The molecule has 0 saturated carbocycles. The summed E-state index contributed by atoms with van der Waals surface area (Å²) in [4.78, 5) is 18.5. The van der Waals surface area contributed by atoms with Gasteiger partial charge in [0.25, 0.3) is 0 Å². The van der Waals surface area contributed by atoms with Crippen molar-refractivity contribution in [1.29, 1.82) is 0 Å². The number of benzene rings is 1. The number of fused-ring (bicyclic) bond motifs is 1. The molecule has 1 aliphatic rings. The van der Waals surface area contributed by atoms with E-state index in [0.717, 1.165) is 37.2 Å². The van der Waals surface area contributed by atoms with Crippen molar-refractivity contribution in [3.63, 3.8) is 0 Å². The van der Waals surface area contributed by atoms with Crippen LogP contribution in [0.1, 0.15) is 42.3 Å². The molecule has 4 rings (SSSR count). The number of aryl methyl sites for hydroxylation is 2. The molecule has 2 aromatic heterocycles. The highest BCUT2D eigenvalue weighted by molar-refractivity contribution is 5.76. The van der Waals surface area contributed by atoms with Crippen molar-refractivity contribution < 1.29 is 9.90 Å². The maximum atomic E-state index is 12.7. The third kappa shape index (κ3) is 4.12. The molecule has 0 bridgehead atoms. The van der Waals surface area contributed by atoms with Gasteiger partial charge in [0.2, 0.25) is 5.91 Å². The monoisotopic (exact) mass is 380 g/mol. The van der Waals surface area contributed by atoms with Gasteiger partial charge in [-0.25, -0.2) is 4.98 Å². The number of carbonyl (C=O) groups is 1. The summed E-state index contributed by atoms with van der Waals surface area (Å²) in [6.45, 7) is 2.68. The van der Waals surface area contributed by atoms with Crippen molar-refractivity contribution in [2.75, 3.05) is 6.54 Å². The first kappa shape index (κ1) is 18.4. The SMILES string of the molecule is O=C(CCCn1cncn1)N1CCCn2nc([C@H](O)c3ccccc3)cc2C1. The van der Waals surface area contributed by atoms with Crippen LogP contribution in [0.25, 0.3) is 0 Å². The predicted octanol–water partition coefficient (Wildman–Crippen LogP) is 1.77. The minimum Gasteiger partial charge on any atom is -0.382 e. The van der Waals surface area contributed by atoms with Gasteiger partial charge in [0.1, 0.15) is 18.8 Å². The summed E-state index contributed by atoms with van der Waals surface area (Å²) in [5.41, 5.74) is 2.41. The van der Waals surface area contributed by atoms with E-state index in [1.807, 2.05) is 46.0 Å². The molecule has 3 aromatic rings. The molecular formula is C20H24N6O2. The highest BCUT2D eigenvalue weighted by Gasteiger charge is 2.22. The van der Waals surface area contributed by atoms with Gasteiger partial charge in [-0.3, -0.25) is 14.2 Å². The third-order valence-electron chi connectivity index (χ3n) is 5.03. The van der Waals surface area contributed by atoms with Crippen LogP contribution in [-0.4, -0.2) is 47.0 Å². The highest BCUT2D eigenvalue weighted by Crippen LogP contribution is 2.23. The van der Waals surface area contributed by atoms with Gasteiger partial charge in [0, 0.05) is 26.1 Å². The lowest BCUT2D eigenvalue weighted by Crippen LogP contribution is -2.30. The van der Waals surface area contributed by atoms with Gasteiger partial charge >= 0.3 is 0 Å². The van der Waals surface area contributed by atoms with Crippen molar-refractivity contribution in [2.45, 2.75) is 45.0 Å². The summed E-state index contributed by atoms with van der Waals surface area (Å²) in [5.74, 6) is 0.139. The molecule has 0 radical (unpaired) electrons. The van der Waals surface area contributed by atoms with Crippen LogP contribution in [0.5, 0.6) is 0 Å². The van der Waals surface area contributed by atoms with E-state index in [-0.39, 0.29) is 5.91 Å². The first-order valence-corrected chi connectivity index (χ1v) is 9.60. The quantitative estimate of drug-likeness (QED) is 0.704. The first-order valence-electron chi connectivity index (χ1n) is 9.60. The van der Waals surface area contributed by atoms with Crippen LogP contribution in [0.2, 0.25) is 0 Å². The Morgan fingerprint density at radius 2 is 2.07 bits per heavy atom. The van der Waals surface area contributed by atoms with E-state index in [0.29, 0.717) is 25.2 Å². The Balaban J connectivity index is 1.40. The summed E-state index contributed by atoms with van der Waals surface area (Å²) in [6, 6.07) is 11.4. The largest absolute Gasteiger partial charge is 0.382 e. The molecule has 1 N–H and O–H groups in total. The van der Waals surface area contributed by atoms with Gasteiger partial charge in [0.15, 0.2) is 0 Å². The summed E-state index contributed by atoms with van der Waals surface area (Å²) in [6.07, 6.45) is 4.47. The molecule has 1 atom stereocenters. The Labute approximate surface area is 163 Å². The van der Waals surface area contributed by atoms with Gasteiger partial charge in [-0.2, -0.15) is 10.2 Å². The van der Waals surface area contributed by atoms with E-state index in [2.05, 4.69) is 15.2 Å². The van der Waals surface area contributed by atoms with Crippen LogP contribution in [0, 0.1) is 0 Å². The lowest BCUT2D eigenvalue weighted by Gasteiger charge is -2.20. The van der Waals surface area contributed by atoms with Gasteiger partial charge in [-0.05, 0) is 24.5 Å². The number of nitrogens with zero attached hydrogens (tertiary/aromatic N) is 6. The number of rotatable bonds is 6. The average molecular weight is 380 g/mol. The molecule has 3 heterocycles. The number of hydrogen-bond donors (Lipinski definition) is 1. The van der Waals surface area contributed by atoms with Crippen molar-refractivity contribution in [3.05, 3.63) is 66.0 Å². The van der Waals surface area contributed by atoms with E-state index in [4.69, 9.17) is 0 Å². The molecular weight excluding hydrogens is 356 g/mol. The Kier molecular flexibility index (Phi) is 5.48. The van der Waals surface area contributed by atoms with E-state index < -0.39 is 6.10 Å². The second-order valence-corrected chi connectivity index (χ2v) is 7.03. The van der Waals surface area contributed by atoms with E-state index in [1.165, 1.54) is 6.33 Å². The van der Waals surface area contributed by atoms with Crippen LogP contribution < -0.4 is 0 Å². The minimum absolute atomic E-state index is 0.139. The molecule has 0 saturated heterocycles. The second kappa shape index (κ2) is 8.35. The number of aliphatic hydroxyl groups is 1. The molecule has 0 fully saturated rings. The molecule has 146 valence electrons. The second-order valence-electron chi connectivity index (χ2n) is 7.03. The van der Waals surface area contributed by atoms with Crippen molar-refractivity contribution >= 4 is 5.91 Å². The Bertz CT molecular complexity index is 906. The molecule has 1 amide bonds.